The molecule has 1 aromatic rings. The fourth-order valence-electron chi connectivity index (χ4n) is 3.23. The van der Waals surface area contributed by atoms with E-state index in [9.17, 15) is 8.42 Å². The first-order valence-corrected chi connectivity index (χ1v) is 8.22. The zero-order valence-electron chi connectivity index (χ0n) is 10.7. The van der Waals surface area contributed by atoms with E-state index in [2.05, 4.69) is 10.2 Å². The summed E-state index contributed by atoms with van der Waals surface area (Å²) in [5.74, 6) is 0. The quantitative estimate of drug-likeness (QED) is 0.866. The van der Waals surface area contributed by atoms with Gasteiger partial charge in [0.25, 0.3) is 0 Å². The highest BCUT2D eigenvalue weighted by Crippen LogP contribution is 2.30. The molecule has 2 heterocycles. The smallest absolute Gasteiger partial charge is 0.238 e. The van der Waals surface area contributed by atoms with Crippen LogP contribution in [0.3, 0.4) is 0 Å². The Balaban J connectivity index is 1.77. The number of benzene rings is 1. The Labute approximate surface area is 113 Å². The highest BCUT2D eigenvalue weighted by atomic mass is 32.2. The number of rotatable bonds is 3. The third-order valence-electron chi connectivity index (χ3n) is 4.12. The number of primary sulfonamides is 1. The second-order valence-electron chi connectivity index (χ2n) is 5.36. The summed E-state index contributed by atoms with van der Waals surface area (Å²) < 4.78 is 22.7. The minimum Gasteiger partial charge on any atom is -0.381 e. The van der Waals surface area contributed by atoms with E-state index < -0.39 is 10.0 Å². The number of anilines is 1. The van der Waals surface area contributed by atoms with E-state index in [0.717, 1.165) is 18.7 Å². The predicted octanol–water partition coefficient (Wildman–Crippen LogP) is 0.983. The first-order valence-electron chi connectivity index (χ1n) is 6.67. The molecule has 0 spiro atoms. The maximum Gasteiger partial charge on any atom is 0.238 e. The Morgan fingerprint density at radius 2 is 2.11 bits per heavy atom. The molecule has 6 heteroatoms. The normalized spacial score (nSPS) is 27.4. The van der Waals surface area contributed by atoms with Crippen LogP contribution in [0.4, 0.5) is 5.69 Å². The molecule has 19 heavy (non-hydrogen) atoms. The fourth-order valence-corrected chi connectivity index (χ4v) is 3.79. The van der Waals surface area contributed by atoms with Crippen molar-refractivity contribution < 1.29 is 8.42 Å². The van der Waals surface area contributed by atoms with Gasteiger partial charge < -0.3 is 5.32 Å². The van der Waals surface area contributed by atoms with Crippen molar-refractivity contribution in [3.05, 3.63) is 24.3 Å². The summed E-state index contributed by atoms with van der Waals surface area (Å²) in [6.07, 6.45) is 3.61. The van der Waals surface area contributed by atoms with Crippen LogP contribution in [0.1, 0.15) is 19.3 Å². The van der Waals surface area contributed by atoms with Crippen LogP contribution in [0.15, 0.2) is 29.2 Å². The molecule has 2 aliphatic heterocycles. The molecule has 0 bridgehead atoms. The number of hydrogen-bond donors (Lipinski definition) is 2. The van der Waals surface area contributed by atoms with Crippen molar-refractivity contribution >= 4 is 15.7 Å². The number of nitrogens with zero attached hydrogens (tertiary/aromatic N) is 1. The maximum absolute atomic E-state index is 11.3. The molecule has 104 valence electrons. The van der Waals surface area contributed by atoms with Crippen LogP contribution in [0.25, 0.3) is 0 Å². The van der Waals surface area contributed by atoms with Gasteiger partial charge in [0.15, 0.2) is 0 Å². The molecule has 0 amide bonds. The van der Waals surface area contributed by atoms with E-state index in [1.165, 1.54) is 25.5 Å². The summed E-state index contributed by atoms with van der Waals surface area (Å²) in [6, 6.07) is 7.77. The molecule has 3 N–H and O–H groups in total. The van der Waals surface area contributed by atoms with Gasteiger partial charge in [0.2, 0.25) is 10.0 Å². The van der Waals surface area contributed by atoms with Gasteiger partial charge >= 0.3 is 0 Å². The Kier molecular flexibility index (Phi) is 3.24. The van der Waals surface area contributed by atoms with Crippen molar-refractivity contribution in [3.63, 3.8) is 0 Å². The van der Waals surface area contributed by atoms with Crippen LogP contribution < -0.4 is 10.5 Å². The molecule has 2 saturated heterocycles. The van der Waals surface area contributed by atoms with E-state index in [-0.39, 0.29) is 4.90 Å². The largest absolute Gasteiger partial charge is 0.381 e. The lowest BCUT2D eigenvalue weighted by Crippen LogP contribution is -2.33. The Morgan fingerprint density at radius 1 is 1.26 bits per heavy atom. The van der Waals surface area contributed by atoms with Crippen molar-refractivity contribution in [1.82, 2.24) is 4.90 Å². The summed E-state index contributed by atoms with van der Waals surface area (Å²) in [5.41, 5.74) is 0.838. The van der Waals surface area contributed by atoms with Crippen LogP contribution in [-0.4, -0.2) is 38.5 Å². The zero-order valence-corrected chi connectivity index (χ0v) is 11.6. The lowest BCUT2D eigenvalue weighted by Gasteiger charge is -2.22. The molecule has 5 nitrogen and oxygen atoms in total. The maximum atomic E-state index is 11.3. The second kappa shape index (κ2) is 4.77. The van der Waals surface area contributed by atoms with Gasteiger partial charge in [-0.15, -0.1) is 0 Å². The summed E-state index contributed by atoms with van der Waals surface area (Å²) in [4.78, 5) is 2.68. The van der Waals surface area contributed by atoms with Crippen LogP contribution in [0.2, 0.25) is 0 Å². The van der Waals surface area contributed by atoms with Gasteiger partial charge in [0, 0.05) is 24.3 Å². The van der Waals surface area contributed by atoms with Crippen LogP contribution >= 0.6 is 0 Å². The molecular weight excluding hydrogens is 262 g/mol. The first-order chi connectivity index (χ1) is 9.04. The van der Waals surface area contributed by atoms with E-state index in [0.29, 0.717) is 12.1 Å². The number of sulfonamides is 1. The van der Waals surface area contributed by atoms with Gasteiger partial charge in [-0.1, -0.05) is 6.07 Å². The molecule has 2 atom stereocenters. The SMILES string of the molecule is NS(=O)(=O)c1cccc(NC2CCN3CCCC23)c1. The molecule has 0 aliphatic carbocycles. The minimum atomic E-state index is -3.63. The van der Waals surface area contributed by atoms with Gasteiger partial charge in [-0.25, -0.2) is 13.6 Å². The van der Waals surface area contributed by atoms with Crippen LogP contribution in [0, 0.1) is 0 Å². The Bertz CT molecular complexity index is 573. The van der Waals surface area contributed by atoms with Crippen molar-refractivity contribution in [2.24, 2.45) is 5.14 Å². The molecule has 0 radical (unpaired) electrons. The number of nitrogens with one attached hydrogen (secondary N) is 1. The van der Waals surface area contributed by atoms with Gasteiger partial charge in [0.1, 0.15) is 0 Å². The zero-order chi connectivity index (χ0) is 13.5. The third kappa shape index (κ3) is 2.61. The van der Waals surface area contributed by atoms with Crippen molar-refractivity contribution in [1.29, 1.82) is 0 Å². The first kappa shape index (κ1) is 12.9. The molecule has 2 fully saturated rings. The average molecular weight is 281 g/mol. The monoisotopic (exact) mass is 281 g/mol. The van der Waals surface area contributed by atoms with Crippen molar-refractivity contribution in [3.8, 4) is 0 Å². The summed E-state index contributed by atoms with van der Waals surface area (Å²) in [7, 11) is -3.63. The molecule has 2 unspecified atom stereocenters. The summed E-state index contributed by atoms with van der Waals surface area (Å²) in [5, 5.41) is 8.62. The average Bonchev–Trinajstić information content (AvgIpc) is 2.93. The highest BCUT2D eigenvalue weighted by molar-refractivity contribution is 7.89. The predicted molar refractivity (Wildman–Crippen MR) is 74.4 cm³/mol. The molecule has 1 aromatic carbocycles. The molecule has 0 saturated carbocycles. The Morgan fingerprint density at radius 3 is 2.89 bits per heavy atom. The van der Waals surface area contributed by atoms with Gasteiger partial charge in [-0.3, -0.25) is 4.90 Å². The second-order valence-corrected chi connectivity index (χ2v) is 6.92. The number of hydrogen-bond acceptors (Lipinski definition) is 4. The van der Waals surface area contributed by atoms with Gasteiger partial charge in [0.05, 0.1) is 4.90 Å². The lowest BCUT2D eigenvalue weighted by molar-refractivity contribution is 0.318. The summed E-state index contributed by atoms with van der Waals surface area (Å²) >= 11 is 0. The standard InChI is InChI=1S/C13H19N3O2S/c14-19(17,18)11-4-1-3-10(9-11)15-12-6-8-16-7-2-5-13(12)16/h1,3-4,9,12-13,15H,2,5-8H2,(H2,14,17,18). The van der Waals surface area contributed by atoms with E-state index >= 15 is 0 Å². The number of fused-ring (bicyclic) bond motifs is 1. The third-order valence-corrected chi connectivity index (χ3v) is 5.03. The van der Waals surface area contributed by atoms with Crippen LogP contribution in [-0.2, 0) is 10.0 Å². The van der Waals surface area contributed by atoms with Gasteiger partial charge in [-0.05, 0) is 44.0 Å². The lowest BCUT2D eigenvalue weighted by atomic mass is 10.1. The van der Waals surface area contributed by atoms with Crippen LogP contribution in [0.5, 0.6) is 0 Å². The van der Waals surface area contributed by atoms with Gasteiger partial charge in [-0.2, -0.15) is 0 Å². The topological polar surface area (TPSA) is 75.4 Å². The molecule has 2 aliphatic rings. The Hall–Kier alpha value is -1.11. The van der Waals surface area contributed by atoms with E-state index in [4.69, 9.17) is 5.14 Å². The molecule has 3 rings (SSSR count). The van der Waals surface area contributed by atoms with E-state index in [1.807, 2.05) is 6.07 Å². The van der Waals surface area contributed by atoms with E-state index in [1.54, 1.807) is 12.1 Å². The molecule has 0 aromatic heterocycles. The highest BCUT2D eigenvalue weighted by Gasteiger charge is 2.36. The number of nitrogens with two attached hydrogens (primary N) is 1. The molecular formula is C13H19N3O2S. The van der Waals surface area contributed by atoms with Crippen molar-refractivity contribution in [2.75, 3.05) is 18.4 Å². The fraction of sp³-hybridized carbons (Fsp3) is 0.538. The summed E-state index contributed by atoms with van der Waals surface area (Å²) in [6.45, 7) is 2.33. The van der Waals surface area contributed by atoms with Crippen molar-refractivity contribution in [2.45, 2.75) is 36.2 Å². The minimum absolute atomic E-state index is 0.166.